The highest BCUT2D eigenvalue weighted by molar-refractivity contribution is 5.95. The van der Waals surface area contributed by atoms with E-state index in [9.17, 15) is 4.79 Å². The maximum atomic E-state index is 13.1. The fraction of sp³-hybridized carbons (Fsp3) is 0.273. The van der Waals surface area contributed by atoms with Gasteiger partial charge in [-0.1, -0.05) is 30.3 Å². The third-order valence-corrected chi connectivity index (χ3v) is 5.06. The van der Waals surface area contributed by atoms with Crippen LogP contribution >= 0.6 is 0 Å². The molecule has 28 heavy (non-hydrogen) atoms. The molecule has 6 nitrogen and oxygen atoms in total. The molecular formula is C22H24N4O2. The molecular weight excluding hydrogens is 352 g/mol. The number of carbonyl (C=O) groups is 1. The smallest absolute Gasteiger partial charge is 0.278 e. The third kappa shape index (κ3) is 3.58. The van der Waals surface area contributed by atoms with Gasteiger partial charge in [0.1, 0.15) is 0 Å². The van der Waals surface area contributed by atoms with Gasteiger partial charge in [0, 0.05) is 31.9 Å². The number of hydrogen-bond acceptors (Lipinski definition) is 4. The second kappa shape index (κ2) is 7.76. The summed E-state index contributed by atoms with van der Waals surface area (Å²) in [5, 5.41) is 4.50. The Bertz CT molecular complexity index is 960. The summed E-state index contributed by atoms with van der Waals surface area (Å²) >= 11 is 0. The number of anilines is 1. The molecule has 1 aliphatic heterocycles. The zero-order valence-corrected chi connectivity index (χ0v) is 16.2. The molecule has 3 aromatic rings. The van der Waals surface area contributed by atoms with Gasteiger partial charge in [0.15, 0.2) is 11.4 Å². The standard InChI is InChI=1S/C22H24N4O2/c1-17-7-6-10-19(15-17)24-11-13-25(14-12-24)22(27)21-20(28-2)16-26(23-21)18-8-4-3-5-9-18/h3-10,15-16H,11-14H2,1-2H3. The van der Waals surface area contributed by atoms with Crippen LogP contribution in [0.2, 0.25) is 0 Å². The minimum absolute atomic E-state index is 0.0876. The van der Waals surface area contributed by atoms with Gasteiger partial charge in [-0.3, -0.25) is 4.79 Å². The van der Waals surface area contributed by atoms with Gasteiger partial charge in [-0.05, 0) is 36.8 Å². The molecule has 0 spiro atoms. The van der Waals surface area contributed by atoms with Gasteiger partial charge in [-0.2, -0.15) is 5.10 Å². The van der Waals surface area contributed by atoms with Crippen molar-refractivity contribution in [2.45, 2.75) is 6.92 Å². The Morgan fingerprint density at radius 3 is 2.36 bits per heavy atom. The molecule has 1 fully saturated rings. The summed E-state index contributed by atoms with van der Waals surface area (Å²) in [7, 11) is 1.57. The van der Waals surface area contributed by atoms with E-state index in [0.717, 1.165) is 18.8 Å². The average molecular weight is 376 g/mol. The first kappa shape index (κ1) is 18.1. The summed E-state index contributed by atoms with van der Waals surface area (Å²) < 4.78 is 7.11. The summed E-state index contributed by atoms with van der Waals surface area (Å²) in [6.45, 7) is 5.02. The van der Waals surface area contributed by atoms with E-state index in [1.54, 1.807) is 18.0 Å². The number of hydrogen-bond donors (Lipinski definition) is 0. The first-order valence-corrected chi connectivity index (χ1v) is 9.45. The molecule has 144 valence electrons. The Balaban J connectivity index is 1.49. The van der Waals surface area contributed by atoms with Crippen LogP contribution in [0, 0.1) is 6.92 Å². The molecule has 1 saturated heterocycles. The molecule has 0 unspecified atom stereocenters. The number of rotatable bonds is 4. The maximum Gasteiger partial charge on any atom is 0.278 e. The Hall–Kier alpha value is -3.28. The van der Waals surface area contributed by atoms with Crippen molar-refractivity contribution in [3.8, 4) is 11.4 Å². The van der Waals surface area contributed by atoms with Gasteiger partial charge in [0.05, 0.1) is 19.0 Å². The molecule has 0 atom stereocenters. The van der Waals surface area contributed by atoms with Crippen molar-refractivity contribution in [2.75, 3.05) is 38.2 Å². The number of nitrogens with zero attached hydrogens (tertiary/aromatic N) is 4. The Morgan fingerprint density at radius 2 is 1.68 bits per heavy atom. The number of methoxy groups -OCH3 is 1. The van der Waals surface area contributed by atoms with Crippen molar-refractivity contribution in [3.63, 3.8) is 0 Å². The highest BCUT2D eigenvalue weighted by Crippen LogP contribution is 2.23. The van der Waals surface area contributed by atoms with Crippen molar-refractivity contribution in [3.05, 3.63) is 72.1 Å². The number of aryl methyl sites for hydroxylation is 1. The van der Waals surface area contributed by atoms with Crippen LogP contribution in [-0.4, -0.2) is 53.9 Å². The maximum absolute atomic E-state index is 13.1. The SMILES string of the molecule is COc1cn(-c2ccccc2)nc1C(=O)N1CCN(c2cccc(C)c2)CC1. The fourth-order valence-corrected chi connectivity index (χ4v) is 3.51. The molecule has 1 aliphatic rings. The number of carbonyl (C=O) groups excluding carboxylic acids is 1. The quantitative estimate of drug-likeness (QED) is 0.702. The van der Waals surface area contributed by atoms with Crippen LogP contribution in [0.4, 0.5) is 5.69 Å². The minimum atomic E-state index is -0.0876. The molecule has 4 rings (SSSR count). The highest BCUT2D eigenvalue weighted by atomic mass is 16.5. The summed E-state index contributed by atoms with van der Waals surface area (Å²) in [6.07, 6.45) is 1.76. The molecule has 2 aromatic carbocycles. The largest absolute Gasteiger partial charge is 0.493 e. The molecule has 6 heteroatoms. The normalized spacial score (nSPS) is 14.2. The topological polar surface area (TPSA) is 50.6 Å². The molecule has 0 saturated carbocycles. The van der Waals surface area contributed by atoms with Crippen molar-refractivity contribution in [1.29, 1.82) is 0 Å². The zero-order valence-electron chi connectivity index (χ0n) is 16.2. The van der Waals surface area contributed by atoms with E-state index in [0.29, 0.717) is 24.5 Å². The van der Waals surface area contributed by atoms with Crippen molar-refractivity contribution >= 4 is 11.6 Å². The second-order valence-corrected chi connectivity index (χ2v) is 6.94. The van der Waals surface area contributed by atoms with Crippen LogP contribution < -0.4 is 9.64 Å². The van der Waals surface area contributed by atoms with E-state index < -0.39 is 0 Å². The fourth-order valence-electron chi connectivity index (χ4n) is 3.51. The van der Waals surface area contributed by atoms with Crippen LogP contribution in [-0.2, 0) is 0 Å². The lowest BCUT2D eigenvalue weighted by Gasteiger charge is -2.36. The van der Waals surface area contributed by atoms with E-state index in [-0.39, 0.29) is 5.91 Å². The van der Waals surface area contributed by atoms with Crippen LogP contribution in [0.15, 0.2) is 60.8 Å². The summed E-state index contributed by atoms with van der Waals surface area (Å²) in [6, 6.07) is 18.2. The number of para-hydroxylation sites is 1. The van der Waals surface area contributed by atoms with Gasteiger partial charge in [-0.15, -0.1) is 0 Å². The van der Waals surface area contributed by atoms with Crippen molar-refractivity contribution in [2.24, 2.45) is 0 Å². The number of benzene rings is 2. The van der Waals surface area contributed by atoms with Crippen LogP contribution in [0.3, 0.4) is 0 Å². The van der Waals surface area contributed by atoms with Gasteiger partial charge < -0.3 is 14.5 Å². The lowest BCUT2D eigenvalue weighted by atomic mass is 10.2. The van der Waals surface area contributed by atoms with Gasteiger partial charge in [0.25, 0.3) is 5.91 Å². The predicted molar refractivity (Wildman–Crippen MR) is 109 cm³/mol. The number of piperazine rings is 1. The summed E-state index contributed by atoms with van der Waals surface area (Å²) in [5.41, 5.74) is 3.70. The van der Waals surface area contributed by atoms with E-state index in [1.165, 1.54) is 11.3 Å². The third-order valence-electron chi connectivity index (χ3n) is 5.06. The van der Waals surface area contributed by atoms with Crippen LogP contribution in [0.5, 0.6) is 5.75 Å². The lowest BCUT2D eigenvalue weighted by Crippen LogP contribution is -2.49. The average Bonchev–Trinajstić information content (AvgIpc) is 3.18. The monoisotopic (exact) mass is 376 g/mol. The summed E-state index contributed by atoms with van der Waals surface area (Å²) in [5.74, 6) is 0.408. The Labute approximate surface area is 164 Å². The highest BCUT2D eigenvalue weighted by Gasteiger charge is 2.27. The molecule has 2 heterocycles. The molecule has 0 radical (unpaired) electrons. The van der Waals surface area contributed by atoms with Gasteiger partial charge in [0.2, 0.25) is 0 Å². The summed E-state index contributed by atoms with van der Waals surface area (Å²) in [4.78, 5) is 17.2. The molecule has 1 amide bonds. The number of aromatic nitrogens is 2. The minimum Gasteiger partial charge on any atom is -0.493 e. The van der Waals surface area contributed by atoms with Crippen molar-refractivity contribution < 1.29 is 9.53 Å². The van der Waals surface area contributed by atoms with Crippen LogP contribution in [0.25, 0.3) is 5.69 Å². The Morgan fingerprint density at radius 1 is 0.964 bits per heavy atom. The van der Waals surface area contributed by atoms with E-state index in [1.807, 2.05) is 35.2 Å². The number of ether oxygens (including phenoxy) is 1. The Kier molecular flexibility index (Phi) is 5.02. The van der Waals surface area contributed by atoms with Gasteiger partial charge >= 0.3 is 0 Å². The number of amides is 1. The molecule has 1 aromatic heterocycles. The molecule has 0 aliphatic carbocycles. The first-order chi connectivity index (χ1) is 13.7. The van der Waals surface area contributed by atoms with E-state index in [2.05, 4.69) is 41.2 Å². The van der Waals surface area contributed by atoms with E-state index >= 15 is 0 Å². The van der Waals surface area contributed by atoms with Gasteiger partial charge in [-0.25, -0.2) is 4.68 Å². The second-order valence-electron chi connectivity index (χ2n) is 6.94. The predicted octanol–water partition coefficient (Wildman–Crippen LogP) is 3.15. The molecule has 0 N–H and O–H groups in total. The van der Waals surface area contributed by atoms with E-state index in [4.69, 9.17) is 4.74 Å². The van der Waals surface area contributed by atoms with Crippen LogP contribution in [0.1, 0.15) is 16.1 Å². The zero-order chi connectivity index (χ0) is 19.5. The lowest BCUT2D eigenvalue weighted by molar-refractivity contribution is 0.0737. The van der Waals surface area contributed by atoms with Crippen molar-refractivity contribution in [1.82, 2.24) is 14.7 Å². The molecule has 0 bridgehead atoms. The first-order valence-electron chi connectivity index (χ1n) is 9.45.